The largest absolute Gasteiger partial charge is 0.507 e. The molecule has 0 bridgehead atoms. The maximum Gasteiger partial charge on any atom is 0.300 e. The Balaban J connectivity index is 1.93. The van der Waals surface area contributed by atoms with Crippen molar-refractivity contribution in [2.24, 2.45) is 0 Å². The molecule has 33 heavy (non-hydrogen) atoms. The molecule has 3 aromatic rings. The second kappa shape index (κ2) is 8.82. The Bertz CT molecular complexity index is 1260. The topological polar surface area (TPSA) is 87.1 Å². The number of carbonyl (C=O) groups excluding carboxylic acids is 2. The van der Waals surface area contributed by atoms with Gasteiger partial charge in [0, 0.05) is 5.56 Å². The number of carbonyl (C=O) groups is 2. The molecular formula is C27H25NO5. The van der Waals surface area contributed by atoms with Gasteiger partial charge in [-0.3, -0.25) is 14.5 Å². The SMILES string of the molecule is CCOc1ccc(/C(O)=C2\C(=O)C(=O)N(c3cc(C)ccc3O)C2c2cccc(C)c2)cc1. The Hall–Kier alpha value is -4.06. The monoisotopic (exact) mass is 443 g/mol. The zero-order chi connectivity index (χ0) is 23.7. The Morgan fingerprint density at radius 3 is 2.33 bits per heavy atom. The van der Waals surface area contributed by atoms with E-state index in [-0.39, 0.29) is 22.8 Å². The number of rotatable bonds is 5. The van der Waals surface area contributed by atoms with Gasteiger partial charge in [-0.15, -0.1) is 0 Å². The van der Waals surface area contributed by atoms with Crippen LogP contribution >= 0.6 is 0 Å². The highest BCUT2D eigenvalue weighted by Crippen LogP contribution is 2.45. The highest BCUT2D eigenvalue weighted by Gasteiger charge is 2.47. The van der Waals surface area contributed by atoms with Crippen LogP contribution in [0.2, 0.25) is 0 Å². The van der Waals surface area contributed by atoms with E-state index in [0.29, 0.717) is 23.5 Å². The summed E-state index contributed by atoms with van der Waals surface area (Å²) in [4.78, 5) is 27.7. The maximum absolute atomic E-state index is 13.2. The number of nitrogens with zero attached hydrogens (tertiary/aromatic N) is 1. The van der Waals surface area contributed by atoms with Crippen LogP contribution in [0.25, 0.3) is 5.76 Å². The Morgan fingerprint density at radius 1 is 0.970 bits per heavy atom. The van der Waals surface area contributed by atoms with Gasteiger partial charge in [0.05, 0.1) is 23.9 Å². The van der Waals surface area contributed by atoms with Crippen LogP contribution < -0.4 is 9.64 Å². The third-order valence-corrected chi connectivity index (χ3v) is 5.63. The van der Waals surface area contributed by atoms with E-state index in [1.54, 1.807) is 42.5 Å². The summed E-state index contributed by atoms with van der Waals surface area (Å²) in [7, 11) is 0. The van der Waals surface area contributed by atoms with Gasteiger partial charge in [-0.1, -0.05) is 35.9 Å². The molecule has 1 heterocycles. The molecule has 1 unspecified atom stereocenters. The lowest BCUT2D eigenvalue weighted by molar-refractivity contribution is -0.132. The van der Waals surface area contributed by atoms with Gasteiger partial charge in [-0.2, -0.15) is 0 Å². The predicted octanol–water partition coefficient (Wildman–Crippen LogP) is 5.03. The van der Waals surface area contributed by atoms with E-state index in [1.807, 2.05) is 39.0 Å². The molecule has 6 heteroatoms. The van der Waals surface area contributed by atoms with Crippen LogP contribution in [-0.2, 0) is 9.59 Å². The van der Waals surface area contributed by atoms with Crippen molar-refractivity contribution in [3.8, 4) is 11.5 Å². The second-order valence-electron chi connectivity index (χ2n) is 8.03. The third-order valence-electron chi connectivity index (χ3n) is 5.63. The summed E-state index contributed by atoms with van der Waals surface area (Å²) < 4.78 is 5.45. The van der Waals surface area contributed by atoms with Crippen molar-refractivity contribution < 1.29 is 24.5 Å². The van der Waals surface area contributed by atoms with E-state index in [0.717, 1.165) is 11.1 Å². The Labute approximate surface area is 192 Å². The molecule has 1 aliphatic heterocycles. The number of anilines is 1. The Kier molecular flexibility index (Phi) is 5.92. The first kappa shape index (κ1) is 22.1. The lowest BCUT2D eigenvalue weighted by Crippen LogP contribution is -2.29. The first-order valence-electron chi connectivity index (χ1n) is 10.7. The minimum Gasteiger partial charge on any atom is -0.507 e. The van der Waals surface area contributed by atoms with Crippen molar-refractivity contribution in [3.63, 3.8) is 0 Å². The molecule has 1 amide bonds. The molecule has 1 saturated heterocycles. The average molecular weight is 443 g/mol. The molecular weight excluding hydrogens is 418 g/mol. The number of phenols is 1. The zero-order valence-electron chi connectivity index (χ0n) is 18.7. The molecule has 0 aromatic heterocycles. The van der Waals surface area contributed by atoms with Crippen molar-refractivity contribution in [2.75, 3.05) is 11.5 Å². The lowest BCUT2D eigenvalue weighted by atomic mass is 9.94. The smallest absolute Gasteiger partial charge is 0.300 e. The second-order valence-corrected chi connectivity index (χ2v) is 8.03. The van der Waals surface area contributed by atoms with Gasteiger partial charge in [0.1, 0.15) is 17.3 Å². The van der Waals surface area contributed by atoms with Gasteiger partial charge in [0.25, 0.3) is 11.7 Å². The van der Waals surface area contributed by atoms with E-state index >= 15 is 0 Å². The van der Waals surface area contributed by atoms with Crippen LogP contribution in [-0.4, -0.2) is 28.5 Å². The van der Waals surface area contributed by atoms with Crippen LogP contribution in [0, 0.1) is 13.8 Å². The van der Waals surface area contributed by atoms with E-state index in [2.05, 4.69) is 0 Å². The standard InChI is InChI=1S/C27H25NO5/c1-4-33-20-11-9-18(10-12-20)25(30)23-24(19-7-5-6-16(2)14-19)28(27(32)26(23)31)21-15-17(3)8-13-22(21)29/h5-15,24,29-30H,4H2,1-3H3/b25-23+. The van der Waals surface area contributed by atoms with Crippen LogP contribution in [0.3, 0.4) is 0 Å². The number of ketones is 1. The molecule has 0 spiro atoms. The number of aliphatic hydroxyl groups is 1. The van der Waals surface area contributed by atoms with Crippen molar-refractivity contribution >= 4 is 23.1 Å². The number of hydrogen-bond acceptors (Lipinski definition) is 5. The maximum atomic E-state index is 13.2. The summed E-state index contributed by atoms with van der Waals surface area (Å²) in [5.41, 5.74) is 2.99. The minimum absolute atomic E-state index is 0.0318. The van der Waals surface area contributed by atoms with Crippen molar-refractivity contribution in [3.05, 3.63) is 94.6 Å². The molecule has 3 aromatic carbocycles. The number of ether oxygens (including phenoxy) is 1. The number of amides is 1. The quantitative estimate of drug-likeness (QED) is 0.328. The molecule has 6 nitrogen and oxygen atoms in total. The van der Waals surface area contributed by atoms with Gasteiger partial charge in [-0.05, 0) is 68.3 Å². The fraction of sp³-hybridized carbons (Fsp3) is 0.185. The molecule has 0 aliphatic carbocycles. The molecule has 2 N–H and O–H groups in total. The fourth-order valence-corrected chi connectivity index (χ4v) is 4.09. The third kappa shape index (κ3) is 4.07. The summed E-state index contributed by atoms with van der Waals surface area (Å²) in [6.45, 7) is 6.12. The van der Waals surface area contributed by atoms with Crippen LogP contribution in [0.4, 0.5) is 5.69 Å². The molecule has 1 aliphatic rings. The summed E-state index contributed by atoms with van der Waals surface area (Å²) in [5.74, 6) is -1.39. The number of phenolic OH excluding ortho intramolecular Hbond substituents is 1. The van der Waals surface area contributed by atoms with Gasteiger partial charge >= 0.3 is 0 Å². The lowest BCUT2D eigenvalue weighted by Gasteiger charge is -2.26. The van der Waals surface area contributed by atoms with Crippen LogP contribution in [0.15, 0.2) is 72.3 Å². The molecule has 0 saturated carbocycles. The number of aliphatic hydroxyl groups excluding tert-OH is 1. The molecule has 1 fully saturated rings. The normalized spacial score (nSPS) is 17.4. The Morgan fingerprint density at radius 2 is 1.67 bits per heavy atom. The summed E-state index contributed by atoms with van der Waals surface area (Å²) in [5, 5.41) is 21.7. The van der Waals surface area contributed by atoms with E-state index in [4.69, 9.17) is 4.74 Å². The van der Waals surface area contributed by atoms with Gasteiger partial charge in [0.15, 0.2) is 0 Å². The van der Waals surface area contributed by atoms with E-state index in [1.165, 1.54) is 11.0 Å². The minimum atomic E-state index is -0.899. The van der Waals surface area contributed by atoms with E-state index in [9.17, 15) is 19.8 Å². The van der Waals surface area contributed by atoms with Gasteiger partial charge in [0.2, 0.25) is 0 Å². The highest BCUT2D eigenvalue weighted by atomic mass is 16.5. The number of Topliss-reactive ketones (excluding diaryl/α,β-unsaturated/α-hetero) is 1. The van der Waals surface area contributed by atoms with Crippen molar-refractivity contribution in [2.45, 2.75) is 26.8 Å². The summed E-state index contributed by atoms with van der Waals surface area (Å²) >= 11 is 0. The summed E-state index contributed by atoms with van der Waals surface area (Å²) in [6, 6.07) is 18.0. The van der Waals surface area contributed by atoms with E-state index < -0.39 is 17.7 Å². The highest BCUT2D eigenvalue weighted by molar-refractivity contribution is 6.51. The van der Waals surface area contributed by atoms with Gasteiger partial charge in [-0.25, -0.2) is 0 Å². The van der Waals surface area contributed by atoms with Crippen LogP contribution in [0.5, 0.6) is 11.5 Å². The van der Waals surface area contributed by atoms with Gasteiger partial charge < -0.3 is 14.9 Å². The molecule has 4 rings (SSSR count). The first-order chi connectivity index (χ1) is 15.8. The van der Waals surface area contributed by atoms with Crippen molar-refractivity contribution in [1.29, 1.82) is 0 Å². The molecule has 0 radical (unpaired) electrons. The number of hydrogen-bond donors (Lipinski definition) is 2. The first-order valence-corrected chi connectivity index (χ1v) is 10.7. The summed E-state index contributed by atoms with van der Waals surface area (Å²) in [6.07, 6.45) is 0. The van der Waals surface area contributed by atoms with Crippen LogP contribution in [0.1, 0.15) is 35.2 Å². The fourth-order valence-electron chi connectivity index (χ4n) is 4.09. The zero-order valence-corrected chi connectivity index (χ0v) is 18.7. The number of benzene rings is 3. The average Bonchev–Trinajstić information content (AvgIpc) is 3.06. The van der Waals surface area contributed by atoms with Crippen molar-refractivity contribution in [1.82, 2.24) is 0 Å². The number of aromatic hydroxyl groups is 1. The molecule has 168 valence electrons. The molecule has 1 atom stereocenters. The predicted molar refractivity (Wildman–Crippen MR) is 126 cm³/mol. The number of aryl methyl sites for hydroxylation is 2.